The number of rotatable bonds is 4. The lowest BCUT2D eigenvalue weighted by Gasteiger charge is -1.94. The molecule has 17 heavy (non-hydrogen) atoms. The molecular weight excluding hydrogens is 252 g/mol. The van der Waals surface area contributed by atoms with Crippen LogP contribution in [0.3, 0.4) is 0 Å². The van der Waals surface area contributed by atoms with Gasteiger partial charge in [-0.25, -0.2) is 4.98 Å². The molecule has 2 heterocycles. The third-order valence-electron chi connectivity index (χ3n) is 2.84. The molecule has 0 spiro atoms. The Kier molecular flexibility index (Phi) is 2.84. The Bertz CT molecular complexity index is 576. The van der Waals surface area contributed by atoms with Crippen molar-refractivity contribution < 1.29 is 0 Å². The molecule has 0 saturated heterocycles. The Hall–Kier alpha value is -1.01. The molecule has 1 saturated carbocycles. The van der Waals surface area contributed by atoms with E-state index in [1.54, 1.807) is 11.3 Å². The maximum atomic E-state index is 5.00. The maximum Gasteiger partial charge on any atom is 0.213 e. The van der Waals surface area contributed by atoms with E-state index in [-0.39, 0.29) is 0 Å². The molecule has 1 aliphatic rings. The topological polar surface area (TPSA) is 57.4 Å². The Morgan fingerprint density at radius 2 is 2.18 bits per heavy atom. The number of thiazole rings is 1. The van der Waals surface area contributed by atoms with Gasteiger partial charge in [-0.3, -0.25) is 10.2 Å². The molecule has 1 fully saturated rings. The van der Waals surface area contributed by atoms with Gasteiger partial charge in [-0.15, -0.1) is 11.3 Å². The number of nitrogens with zero attached hydrogens (tertiary/aromatic N) is 2. The largest absolute Gasteiger partial charge is 0.281 e. The van der Waals surface area contributed by atoms with E-state index in [1.807, 2.05) is 0 Å². The van der Waals surface area contributed by atoms with E-state index in [1.165, 1.54) is 28.4 Å². The van der Waals surface area contributed by atoms with Crippen molar-refractivity contribution >= 4 is 23.6 Å². The predicted molar refractivity (Wildman–Crippen MR) is 70.9 cm³/mol. The minimum atomic E-state index is 0.507. The van der Waals surface area contributed by atoms with Crippen LogP contribution in [0.2, 0.25) is 0 Å². The van der Waals surface area contributed by atoms with Crippen LogP contribution in [0.25, 0.3) is 10.7 Å². The summed E-state index contributed by atoms with van der Waals surface area (Å²) < 4.78 is 0.507. The zero-order valence-corrected chi connectivity index (χ0v) is 11.2. The van der Waals surface area contributed by atoms with Crippen molar-refractivity contribution in [1.82, 2.24) is 20.2 Å². The van der Waals surface area contributed by atoms with E-state index < -0.39 is 0 Å². The Morgan fingerprint density at radius 3 is 2.76 bits per heavy atom. The summed E-state index contributed by atoms with van der Waals surface area (Å²) in [4.78, 5) is 10.2. The molecule has 4 nitrogen and oxygen atoms in total. The number of aryl methyl sites for hydroxylation is 1. The van der Waals surface area contributed by atoms with Crippen LogP contribution in [-0.4, -0.2) is 20.2 Å². The van der Waals surface area contributed by atoms with E-state index in [9.17, 15) is 0 Å². The molecule has 90 valence electrons. The Morgan fingerprint density at radius 1 is 1.35 bits per heavy atom. The van der Waals surface area contributed by atoms with Gasteiger partial charge in [0, 0.05) is 5.92 Å². The van der Waals surface area contributed by atoms with E-state index in [4.69, 9.17) is 17.2 Å². The number of hydrogen-bond acceptors (Lipinski definition) is 4. The van der Waals surface area contributed by atoms with Crippen LogP contribution < -0.4 is 0 Å². The molecule has 2 aromatic heterocycles. The van der Waals surface area contributed by atoms with Crippen molar-refractivity contribution in [1.29, 1.82) is 0 Å². The normalized spacial score (nSPS) is 15.4. The maximum absolute atomic E-state index is 5.00. The summed E-state index contributed by atoms with van der Waals surface area (Å²) >= 11 is 6.75. The van der Waals surface area contributed by atoms with Gasteiger partial charge in [-0.05, 0) is 37.9 Å². The molecule has 0 amide bonds. The van der Waals surface area contributed by atoms with Crippen LogP contribution in [-0.2, 0) is 6.42 Å². The first-order valence-electron chi connectivity index (χ1n) is 5.92. The van der Waals surface area contributed by atoms with Crippen LogP contribution in [0, 0.1) is 4.77 Å². The number of hydrogen-bond donors (Lipinski definition) is 2. The first-order valence-corrected chi connectivity index (χ1v) is 7.15. The molecule has 3 rings (SSSR count). The van der Waals surface area contributed by atoms with Crippen LogP contribution in [0.5, 0.6) is 0 Å². The van der Waals surface area contributed by atoms with Gasteiger partial charge in [0.05, 0.1) is 15.6 Å². The summed E-state index contributed by atoms with van der Waals surface area (Å²) in [5.41, 5.74) is 1.22. The average molecular weight is 266 g/mol. The highest BCUT2D eigenvalue weighted by molar-refractivity contribution is 7.71. The van der Waals surface area contributed by atoms with Crippen molar-refractivity contribution in [2.75, 3.05) is 0 Å². The second kappa shape index (κ2) is 4.34. The highest BCUT2D eigenvalue weighted by Crippen LogP contribution is 2.45. The van der Waals surface area contributed by atoms with Crippen molar-refractivity contribution in [2.45, 2.75) is 38.5 Å². The fourth-order valence-corrected chi connectivity index (χ4v) is 3.22. The summed E-state index contributed by atoms with van der Waals surface area (Å²) in [5.74, 6) is 1.49. The first kappa shape index (κ1) is 11.1. The number of aromatic amines is 2. The van der Waals surface area contributed by atoms with Crippen molar-refractivity contribution in [2.24, 2.45) is 0 Å². The first-order chi connectivity index (χ1) is 8.28. The molecule has 2 N–H and O–H groups in total. The fraction of sp³-hybridized carbons (Fsp3) is 0.545. The van der Waals surface area contributed by atoms with Crippen molar-refractivity contribution in [3.63, 3.8) is 0 Å². The highest BCUT2D eigenvalue weighted by atomic mass is 32.1. The number of aromatic nitrogens is 4. The zero-order chi connectivity index (χ0) is 11.8. The quantitative estimate of drug-likeness (QED) is 0.834. The lowest BCUT2D eigenvalue weighted by molar-refractivity contribution is 0.891. The second-order valence-corrected chi connectivity index (χ2v) is 5.83. The average Bonchev–Trinajstić information content (AvgIpc) is 2.93. The molecule has 2 aromatic rings. The minimum Gasteiger partial charge on any atom is -0.281 e. The van der Waals surface area contributed by atoms with E-state index >= 15 is 0 Å². The van der Waals surface area contributed by atoms with Gasteiger partial charge in [-0.1, -0.05) is 6.92 Å². The van der Waals surface area contributed by atoms with Gasteiger partial charge in [-0.2, -0.15) is 4.98 Å². The van der Waals surface area contributed by atoms with Gasteiger partial charge >= 0.3 is 0 Å². The molecular formula is C11H14N4S2. The molecule has 0 bridgehead atoms. The molecule has 0 aromatic carbocycles. The van der Waals surface area contributed by atoms with E-state index in [0.29, 0.717) is 10.7 Å². The fourth-order valence-electron chi connectivity index (χ4n) is 1.88. The lowest BCUT2D eigenvalue weighted by atomic mass is 10.2. The Balaban J connectivity index is 2.04. The molecule has 0 unspecified atom stereocenters. The van der Waals surface area contributed by atoms with Gasteiger partial charge in [0.15, 0.2) is 5.82 Å². The summed E-state index contributed by atoms with van der Waals surface area (Å²) in [6.07, 6.45) is 4.70. The number of H-pyrrole nitrogens is 2. The van der Waals surface area contributed by atoms with Gasteiger partial charge in [0.2, 0.25) is 4.77 Å². The molecule has 0 aliphatic heterocycles. The van der Waals surface area contributed by atoms with Gasteiger partial charge in [0.25, 0.3) is 0 Å². The monoisotopic (exact) mass is 266 g/mol. The predicted octanol–water partition coefficient (Wildman–Crippen LogP) is 3.42. The third kappa shape index (κ3) is 2.19. The smallest absolute Gasteiger partial charge is 0.213 e. The van der Waals surface area contributed by atoms with Crippen molar-refractivity contribution in [3.8, 4) is 10.7 Å². The minimum absolute atomic E-state index is 0.507. The Labute approximate surface area is 109 Å². The van der Waals surface area contributed by atoms with E-state index in [2.05, 4.69) is 22.1 Å². The summed E-state index contributed by atoms with van der Waals surface area (Å²) in [6.45, 7) is 2.18. The van der Waals surface area contributed by atoms with E-state index in [0.717, 1.165) is 18.7 Å². The van der Waals surface area contributed by atoms with Gasteiger partial charge in [0.1, 0.15) is 0 Å². The zero-order valence-electron chi connectivity index (χ0n) is 9.62. The summed E-state index contributed by atoms with van der Waals surface area (Å²) in [5, 5.41) is 7.10. The molecule has 6 heteroatoms. The SMILES string of the molecule is CCCc1nc(C2CC2)c(-c2nc(=S)[nH][nH]2)s1. The second-order valence-electron chi connectivity index (χ2n) is 4.36. The van der Waals surface area contributed by atoms with Crippen molar-refractivity contribution in [3.05, 3.63) is 15.5 Å². The molecule has 0 radical (unpaired) electrons. The molecule has 1 aliphatic carbocycles. The number of nitrogens with one attached hydrogen (secondary N) is 2. The lowest BCUT2D eigenvalue weighted by Crippen LogP contribution is -1.87. The highest BCUT2D eigenvalue weighted by Gasteiger charge is 2.30. The third-order valence-corrected chi connectivity index (χ3v) is 4.17. The summed E-state index contributed by atoms with van der Waals surface area (Å²) in [6, 6.07) is 0. The van der Waals surface area contributed by atoms with Gasteiger partial charge < -0.3 is 0 Å². The standard InChI is InChI=1S/C11H14N4S2/c1-2-3-7-12-8(6-4-5-6)9(17-7)10-13-11(16)15-14-10/h6H,2-5H2,1H3,(H2,13,14,15,16). The van der Waals surface area contributed by atoms with Crippen LogP contribution in [0.15, 0.2) is 0 Å². The van der Waals surface area contributed by atoms with Crippen LogP contribution in [0.1, 0.15) is 42.8 Å². The molecule has 0 atom stereocenters. The van der Waals surface area contributed by atoms with Crippen LogP contribution in [0.4, 0.5) is 0 Å². The van der Waals surface area contributed by atoms with Crippen LogP contribution >= 0.6 is 23.6 Å². The summed E-state index contributed by atoms with van der Waals surface area (Å²) in [7, 11) is 0.